The van der Waals surface area contributed by atoms with Crippen molar-refractivity contribution in [2.45, 2.75) is 25.7 Å². The number of amides is 3. The summed E-state index contributed by atoms with van der Waals surface area (Å²) in [5.74, 6) is -0.247. The molecule has 9 heteroatoms. The summed E-state index contributed by atoms with van der Waals surface area (Å²) in [6.07, 6.45) is 3.90. The largest absolute Gasteiger partial charge is 0.321 e. The second-order valence-electron chi connectivity index (χ2n) is 8.18. The minimum Gasteiger partial charge on any atom is -0.321 e. The van der Waals surface area contributed by atoms with E-state index in [0.717, 1.165) is 43.6 Å². The van der Waals surface area contributed by atoms with Crippen molar-refractivity contribution in [3.05, 3.63) is 50.7 Å². The van der Waals surface area contributed by atoms with Crippen LogP contribution >= 0.6 is 22.9 Å². The standard InChI is InChI=1S/C23H23ClN4O3S/c24-19-9-8-18(32-19)21(29)27-17-3-1-2-16-20(17)23(31)28(22(16)30)13-15-6-4-14(5-7-15)12-26-11-10-25/h1-3,8-9,14-15,26H,4-7,11-13H2,(H,27,29)/t14-,15-. The van der Waals surface area contributed by atoms with Gasteiger partial charge in [0.05, 0.1) is 38.6 Å². The highest BCUT2D eigenvalue weighted by Gasteiger charge is 2.39. The molecule has 1 saturated carbocycles. The first-order valence-electron chi connectivity index (χ1n) is 10.6. The molecule has 7 nitrogen and oxygen atoms in total. The number of carbonyl (C=O) groups is 3. The number of imide groups is 1. The number of carbonyl (C=O) groups excluding carboxylic acids is 3. The highest BCUT2D eigenvalue weighted by atomic mass is 35.5. The molecule has 0 unspecified atom stereocenters. The lowest BCUT2D eigenvalue weighted by Gasteiger charge is -2.30. The van der Waals surface area contributed by atoms with Crippen molar-refractivity contribution in [3.63, 3.8) is 0 Å². The minimum atomic E-state index is -0.364. The Balaban J connectivity index is 1.41. The van der Waals surface area contributed by atoms with E-state index in [1.165, 1.54) is 4.90 Å². The number of anilines is 1. The zero-order valence-electron chi connectivity index (χ0n) is 17.4. The van der Waals surface area contributed by atoms with Crippen LogP contribution in [-0.2, 0) is 0 Å². The maximum absolute atomic E-state index is 13.2. The van der Waals surface area contributed by atoms with E-state index in [1.54, 1.807) is 30.3 Å². The molecule has 1 aliphatic carbocycles. The van der Waals surface area contributed by atoms with Gasteiger partial charge in [0.25, 0.3) is 17.7 Å². The molecular formula is C23H23ClN4O3S. The molecule has 0 saturated heterocycles. The lowest BCUT2D eigenvalue weighted by molar-refractivity contribution is 0.0610. The molecule has 166 valence electrons. The summed E-state index contributed by atoms with van der Waals surface area (Å²) >= 11 is 7.06. The van der Waals surface area contributed by atoms with Crippen molar-refractivity contribution in [1.29, 1.82) is 5.26 Å². The van der Waals surface area contributed by atoms with Crippen molar-refractivity contribution in [1.82, 2.24) is 10.2 Å². The second-order valence-corrected chi connectivity index (χ2v) is 9.90. The minimum absolute atomic E-state index is 0.253. The molecule has 1 aliphatic heterocycles. The molecule has 2 aliphatic rings. The Labute approximate surface area is 195 Å². The predicted molar refractivity (Wildman–Crippen MR) is 123 cm³/mol. The summed E-state index contributed by atoms with van der Waals surface area (Å²) in [5, 5.41) is 14.5. The van der Waals surface area contributed by atoms with Gasteiger partial charge < -0.3 is 10.6 Å². The molecule has 32 heavy (non-hydrogen) atoms. The average Bonchev–Trinajstić information content (AvgIpc) is 3.33. The van der Waals surface area contributed by atoms with Crippen LogP contribution in [0.15, 0.2) is 30.3 Å². The highest BCUT2D eigenvalue weighted by Crippen LogP contribution is 2.34. The molecule has 4 rings (SSSR count). The van der Waals surface area contributed by atoms with Gasteiger partial charge in [0.1, 0.15) is 0 Å². The number of rotatable bonds is 7. The summed E-state index contributed by atoms with van der Waals surface area (Å²) in [6, 6.07) is 10.3. The number of hydrogen-bond donors (Lipinski definition) is 2. The maximum Gasteiger partial charge on any atom is 0.265 e. The highest BCUT2D eigenvalue weighted by molar-refractivity contribution is 7.18. The predicted octanol–water partition coefficient (Wildman–Crippen LogP) is 4.17. The van der Waals surface area contributed by atoms with E-state index in [9.17, 15) is 14.4 Å². The fourth-order valence-corrected chi connectivity index (χ4v) is 5.37. The number of nitriles is 1. The van der Waals surface area contributed by atoms with Gasteiger partial charge in [-0.25, -0.2) is 0 Å². The van der Waals surface area contributed by atoms with Crippen LogP contribution in [0.25, 0.3) is 0 Å². The number of nitrogens with one attached hydrogen (secondary N) is 2. The molecule has 0 spiro atoms. The van der Waals surface area contributed by atoms with Crippen molar-refractivity contribution in [2.24, 2.45) is 11.8 Å². The summed E-state index contributed by atoms with van der Waals surface area (Å²) in [5.41, 5.74) is 0.916. The van der Waals surface area contributed by atoms with Gasteiger partial charge in [-0.3, -0.25) is 19.3 Å². The fraction of sp³-hybridized carbons (Fsp3) is 0.391. The fourth-order valence-electron chi connectivity index (χ4n) is 4.43. The van der Waals surface area contributed by atoms with Crippen LogP contribution in [0.5, 0.6) is 0 Å². The zero-order chi connectivity index (χ0) is 22.7. The van der Waals surface area contributed by atoms with Gasteiger partial charge in [-0.05, 0) is 68.3 Å². The van der Waals surface area contributed by atoms with Crippen LogP contribution in [0.1, 0.15) is 56.1 Å². The maximum atomic E-state index is 13.2. The van der Waals surface area contributed by atoms with E-state index >= 15 is 0 Å². The lowest BCUT2D eigenvalue weighted by Crippen LogP contribution is -2.37. The van der Waals surface area contributed by atoms with Gasteiger partial charge >= 0.3 is 0 Å². The summed E-state index contributed by atoms with van der Waals surface area (Å²) in [4.78, 5) is 40.4. The van der Waals surface area contributed by atoms with Gasteiger partial charge in [0.15, 0.2) is 0 Å². The van der Waals surface area contributed by atoms with E-state index in [0.29, 0.717) is 39.5 Å². The van der Waals surface area contributed by atoms with Crippen molar-refractivity contribution >= 4 is 46.3 Å². The Morgan fingerprint density at radius 3 is 2.56 bits per heavy atom. The Hall–Kier alpha value is -2.73. The molecule has 0 bridgehead atoms. The quantitative estimate of drug-likeness (QED) is 0.359. The number of fused-ring (bicyclic) bond motifs is 1. The first kappa shape index (κ1) is 22.5. The Morgan fingerprint density at radius 1 is 1.12 bits per heavy atom. The number of halogens is 1. The molecule has 2 heterocycles. The van der Waals surface area contributed by atoms with Crippen LogP contribution in [0.4, 0.5) is 5.69 Å². The lowest BCUT2D eigenvalue weighted by atomic mass is 9.81. The van der Waals surface area contributed by atoms with Crippen molar-refractivity contribution < 1.29 is 14.4 Å². The first-order valence-corrected chi connectivity index (χ1v) is 11.8. The topological polar surface area (TPSA) is 102 Å². The first-order chi connectivity index (χ1) is 15.5. The van der Waals surface area contributed by atoms with Gasteiger partial charge in [0, 0.05) is 6.54 Å². The Kier molecular flexibility index (Phi) is 6.89. The molecule has 1 aromatic carbocycles. The van der Waals surface area contributed by atoms with Gasteiger partial charge in [-0.2, -0.15) is 5.26 Å². The zero-order valence-corrected chi connectivity index (χ0v) is 19.0. The van der Waals surface area contributed by atoms with E-state index in [-0.39, 0.29) is 29.2 Å². The van der Waals surface area contributed by atoms with Gasteiger partial charge in [-0.15, -0.1) is 11.3 Å². The van der Waals surface area contributed by atoms with Gasteiger partial charge in [-0.1, -0.05) is 17.7 Å². The average molecular weight is 471 g/mol. The smallest absolute Gasteiger partial charge is 0.265 e. The summed E-state index contributed by atoms with van der Waals surface area (Å²) in [7, 11) is 0. The number of thiophene rings is 1. The normalized spacial score (nSPS) is 20.2. The number of nitrogens with zero attached hydrogens (tertiary/aromatic N) is 2. The van der Waals surface area contributed by atoms with Crippen LogP contribution in [-0.4, -0.2) is 42.3 Å². The van der Waals surface area contributed by atoms with E-state index < -0.39 is 0 Å². The molecule has 1 fully saturated rings. The van der Waals surface area contributed by atoms with Crippen LogP contribution in [0.2, 0.25) is 4.34 Å². The SMILES string of the molecule is N#CCNC[C@H]1CC[C@H](CN2C(=O)c3cccc(NC(=O)c4ccc(Cl)s4)c3C2=O)CC1. The van der Waals surface area contributed by atoms with E-state index in [1.807, 2.05) is 0 Å². The number of hydrogen-bond acceptors (Lipinski definition) is 6. The summed E-state index contributed by atoms with van der Waals surface area (Å²) in [6.45, 7) is 1.57. The molecular weight excluding hydrogens is 448 g/mol. The third kappa shape index (κ3) is 4.70. The van der Waals surface area contributed by atoms with E-state index in [2.05, 4.69) is 16.7 Å². The molecule has 3 amide bonds. The van der Waals surface area contributed by atoms with Crippen molar-refractivity contribution in [2.75, 3.05) is 25.0 Å². The molecule has 2 N–H and O–H groups in total. The molecule has 0 atom stereocenters. The third-order valence-corrected chi connectivity index (χ3v) is 7.32. The van der Waals surface area contributed by atoms with Crippen LogP contribution < -0.4 is 10.6 Å². The van der Waals surface area contributed by atoms with Crippen LogP contribution in [0, 0.1) is 23.2 Å². The van der Waals surface area contributed by atoms with E-state index in [4.69, 9.17) is 16.9 Å². The monoisotopic (exact) mass is 470 g/mol. The summed E-state index contributed by atoms with van der Waals surface area (Å²) < 4.78 is 0.501. The molecule has 0 radical (unpaired) electrons. The molecule has 1 aromatic heterocycles. The molecule has 2 aromatic rings. The third-order valence-electron chi connectivity index (χ3n) is 6.09. The Bertz CT molecular complexity index is 1090. The Morgan fingerprint density at radius 2 is 1.88 bits per heavy atom. The van der Waals surface area contributed by atoms with Gasteiger partial charge in [0.2, 0.25) is 0 Å². The second kappa shape index (κ2) is 9.82. The number of benzene rings is 1. The van der Waals surface area contributed by atoms with Crippen LogP contribution in [0.3, 0.4) is 0 Å². The van der Waals surface area contributed by atoms with Crippen molar-refractivity contribution in [3.8, 4) is 6.07 Å².